The molecule has 0 aliphatic rings. The van der Waals surface area contributed by atoms with Crippen LogP contribution in [0.4, 0.5) is 5.69 Å². The Kier molecular flexibility index (Phi) is 5.04. The third kappa shape index (κ3) is 4.41. The first-order valence-corrected chi connectivity index (χ1v) is 8.12. The van der Waals surface area contributed by atoms with Gasteiger partial charge in [0.25, 0.3) is 5.91 Å². The van der Waals surface area contributed by atoms with Crippen LogP contribution >= 0.6 is 0 Å². The molecule has 3 aromatic rings. The number of benzene rings is 2. The number of nitrogens with zero attached hydrogens (tertiary/aromatic N) is 2. The van der Waals surface area contributed by atoms with Crippen LogP contribution in [0.3, 0.4) is 0 Å². The second-order valence-electron chi connectivity index (χ2n) is 5.65. The van der Waals surface area contributed by atoms with Crippen molar-refractivity contribution >= 4 is 11.6 Å². The van der Waals surface area contributed by atoms with Crippen molar-refractivity contribution in [1.29, 1.82) is 0 Å². The average molecular weight is 333 g/mol. The van der Waals surface area contributed by atoms with Gasteiger partial charge in [-0.2, -0.15) is 5.10 Å². The van der Waals surface area contributed by atoms with E-state index in [1.807, 2.05) is 37.3 Å². The highest BCUT2D eigenvalue weighted by Gasteiger charge is 2.08. The Hall–Kier alpha value is -3.21. The minimum absolute atomic E-state index is 0.190. The van der Waals surface area contributed by atoms with Crippen LogP contribution in [0, 0.1) is 6.92 Å². The lowest BCUT2D eigenvalue weighted by Gasteiger charge is -2.08. The molecule has 0 spiro atoms. The fourth-order valence-corrected chi connectivity index (χ4v) is 2.29. The normalized spacial score (nSPS) is 10.3. The summed E-state index contributed by atoms with van der Waals surface area (Å²) in [4.78, 5) is 12.4. The van der Waals surface area contributed by atoms with Crippen LogP contribution in [0.5, 0.6) is 11.6 Å². The lowest BCUT2D eigenvalue weighted by atomic mass is 10.1. The highest BCUT2D eigenvalue weighted by molar-refractivity contribution is 6.04. The van der Waals surface area contributed by atoms with Crippen LogP contribution < -0.4 is 10.1 Å². The van der Waals surface area contributed by atoms with Crippen molar-refractivity contribution in [2.24, 2.45) is 0 Å². The topological polar surface area (TPSA) is 64.1 Å². The molecule has 0 radical (unpaired) electrons. The predicted molar refractivity (Wildman–Crippen MR) is 97.1 cm³/mol. The van der Waals surface area contributed by atoms with E-state index in [0.717, 1.165) is 17.8 Å². The zero-order valence-corrected chi connectivity index (χ0v) is 14.2. The summed E-state index contributed by atoms with van der Waals surface area (Å²) >= 11 is 0. The van der Waals surface area contributed by atoms with E-state index in [1.165, 1.54) is 5.56 Å². The van der Waals surface area contributed by atoms with Gasteiger partial charge in [-0.15, -0.1) is 5.10 Å². The molecule has 25 heavy (non-hydrogen) atoms. The third-order valence-electron chi connectivity index (χ3n) is 3.71. The lowest BCUT2D eigenvalue weighted by molar-refractivity contribution is 0.102. The number of amides is 1. The van der Waals surface area contributed by atoms with E-state index in [1.54, 1.807) is 30.3 Å². The van der Waals surface area contributed by atoms with Gasteiger partial charge in [0.2, 0.25) is 5.88 Å². The fraction of sp³-hybridized carbons (Fsp3) is 0.150. The maximum atomic E-state index is 12.4. The van der Waals surface area contributed by atoms with Crippen LogP contribution in [-0.4, -0.2) is 16.1 Å². The molecule has 1 aromatic heterocycles. The molecule has 0 aliphatic heterocycles. The maximum absolute atomic E-state index is 12.4. The van der Waals surface area contributed by atoms with Gasteiger partial charge in [0.15, 0.2) is 0 Å². The van der Waals surface area contributed by atoms with Gasteiger partial charge in [0.05, 0.1) is 5.69 Å². The first-order valence-electron chi connectivity index (χ1n) is 8.12. The first-order chi connectivity index (χ1) is 12.1. The standard InChI is InChI=1S/C20H19N3O2/c1-3-15-8-10-17(11-9-15)21-20(24)16-5-4-6-18(13-16)25-19-12-7-14(2)22-23-19/h4-13H,3H2,1-2H3,(H,21,24). The van der Waals surface area contributed by atoms with E-state index in [4.69, 9.17) is 4.74 Å². The summed E-state index contributed by atoms with van der Waals surface area (Å²) in [5.74, 6) is 0.732. The van der Waals surface area contributed by atoms with Crippen molar-refractivity contribution in [1.82, 2.24) is 10.2 Å². The number of rotatable bonds is 5. The first kappa shape index (κ1) is 16.6. The Morgan fingerprint density at radius 1 is 1.04 bits per heavy atom. The smallest absolute Gasteiger partial charge is 0.255 e. The summed E-state index contributed by atoms with van der Waals surface area (Å²) < 4.78 is 5.65. The number of ether oxygens (including phenoxy) is 1. The van der Waals surface area contributed by atoms with E-state index in [0.29, 0.717) is 17.2 Å². The van der Waals surface area contributed by atoms with Gasteiger partial charge in [-0.3, -0.25) is 4.79 Å². The molecule has 3 rings (SSSR count). The number of aryl methyl sites for hydroxylation is 2. The molecule has 5 heteroatoms. The Morgan fingerprint density at radius 2 is 1.84 bits per heavy atom. The molecule has 0 saturated carbocycles. The molecule has 1 heterocycles. The van der Waals surface area contributed by atoms with Gasteiger partial charge in [0, 0.05) is 17.3 Å². The SMILES string of the molecule is CCc1ccc(NC(=O)c2cccc(Oc3ccc(C)nn3)c2)cc1. The minimum atomic E-state index is -0.190. The second kappa shape index (κ2) is 7.57. The summed E-state index contributed by atoms with van der Waals surface area (Å²) in [6.45, 7) is 3.95. The molecule has 126 valence electrons. The molecule has 5 nitrogen and oxygen atoms in total. The number of hydrogen-bond acceptors (Lipinski definition) is 4. The van der Waals surface area contributed by atoms with E-state index < -0.39 is 0 Å². The molecule has 0 atom stereocenters. The number of carbonyl (C=O) groups is 1. The molecule has 0 aliphatic carbocycles. The molecule has 2 aromatic carbocycles. The minimum Gasteiger partial charge on any atom is -0.438 e. The van der Waals surface area contributed by atoms with E-state index in [2.05, 4.69) is 22.4 Å². The van der Waals surface area contributed by atoms with Crippen molar-refractivity contribution in [2.75, 3.05) is 5.32 Å². The van der Waals surface area contributed by atoms with Crippen molar-refractivity contribution < 1.29 is 9.53 Å². The molecule has 1 amide bonds. The fourth-order valence-electron chi connectivity index (χ4n) is 2.29. The summed E-state index contributed by atoms with van der Waals surface area (Å²) in [7, 11) is 0. The molecule has 1 N–H and O–H groups in total. The number of nitrogens with one attached hydrogen (secondary N) is 1. The number of aromatic nitrogens is 2. The zero-order chi connectivity index (χ0) is 17.6. The predicted octanol–water partition coefficient (Wildman–Crippen LogP) is 4.39. The maximum Gasteiger partial charge on any atom is 0.255 e. The third-order valence-corrected chi connectivity index (χ3v) is 3.71. The molecular formula is C20H19N3O2. The van der Waals surface area contributed by atoms with Crippen molar-refractivity contribution in [3.63, 3.8) is 0 Å². The Bertz CT molecular complexity index is 859. The van der Waals surface area contributed by atoms with Crippen molar-refractivity contribution in [3.05, 3.63) is 77.5 Å². The number of hydrogen-bond donors (Lipinski definition) is 1. The van der Waals surface area contributed by atoms with Crippen LogP contribution in [0.2, 0.25) is 0 Å². The van der Waals surface area contributed by atoms with Crippen molar-refractivity contribution in [2.45, 2.75) is 20.3 Å². The summed E-state index contributed by atoms with van der Waals surface area (Å²) in [5, 5.41) is 10.8. The van der Waals surface area contributed by atoms with Gasteiger partial charge in [-0.1, -0.05) is 25.1 Å². The van der Waals surface area contributed by atoms with Gasteiger partial charge < -0.3 is 10.1 Å². The monoisotopic (exact) mass is 333 g/mol. The van der Waals surface area contributed by atoms with E-state index >= 15 is 0 Å². The van der Waals surface area contributed by atoms with Gasteiger partial charge >= 0.3 is 0 Å². The van der Waals surface area contributed by atoms with Crippen LogP contribution in [0.1, 0.15) is 28.5 Å². The van der Waals surface area contributed by atoms with E-state index in [-0.39, 0.29) is 5.91 Å². The Morgan fingerprint density at radius 3 is 2.52 bits per heavy atom. The number of carbonyl (C=O) groups excluding carboxylic acids is 1. The summed E-state index contributed by atoms with van der Waals surface area (Å²) in [6, 6.07) is 18.3. The Balaban J connectivity index is 1.71. The molecule has 0 unspecified atom stereocenters. The number of anilines is 1. The van der Waals surface area contributed by atoms with Gasteiger partial charge in [-0.25, -0.2) is 0 Å². The van der Waals surface area contributed by atoms with Crippen LogP contribution in [0.25, 0.3) is 0 Å². The van der Waals surface area contributed by atoms with Gasteiger partial charge in [0.1, 0.15) is 5.75 Å². The zero-order valence-electron chi connectivity index (χ0n) is 14.2. The van der Waals surface area contributed by atoms with Crippen LogP contribution in [-0.2, 0) is 6.42 Å². The molecule has 0 saturated heterocycles. The molecule has 0 fully saturated rings. The quantitative estimate of drug-likeness (QED) is 0.752. The van der Waals surface area contributed by atoms with Gasteiger partial charge in [-0.05, 0) is 55.3 Å². The second-order valence-corrected chi connectivity index (χ2v) is 5.65. The Labute approximate surface area is 146 Å². The van der Waals surface area contributed by atoms with E-state index in [9.17, 15) is 4.79 Å². The van der Waals surface area contributed by atoms with Crippen LogP contribution in [0.15, 0.2) is 60.7 Å². The highest BCUT2D eigenvalue weighted by atomic mass is 16.5. The summed E-state index contributed by atoms with van der Waals surface area (Å²) in [6.07, 6.45) is 0.968. The molecular weight excluding hydrogens is 314 g/mol. The lowest BCUT2D eigenvalue weighted by Crippen LogP contribution is -2.11. The summed E-state index contributed by atoms with van der Waals surface area (Å²) in [5.41, 5.74) is 3.32. The molecule has 0 bridgehead atoms. The highest BCUT2D eigenvalue weighted by Crippen LogP contribution is 2.21. The average Bonchev–Trinajstić information content (AvgIpc) is 2.64. The largest absolute Gasteiger partial charge is 0.438 e. The van der Waals surface area contributed by atoms with Crippen molar-refractivity contribution in [3.8, 4) is 11.6 Å².